The average molecular weight is 257 g/mol. The maximum atomic E-state index is 13.9. The molecule has 5 heteroatoms. The molecule has 2 N–H and O–H groups in total. The van der Waals surface area contributed by atoms with Crippen molar-refractivity contribution in [2.45, 2.75) is 19.6 Å². The summed E-state index contributed by atoms with van der Waals surface area (Å²) in [6.07, 6.45) is -0.0899. The van der Waals surface area contributed by atoms with E-state index in [1.807, 2.05) is 6.92 Å². The summed E-state index contributed by atoms with van der Waals surface area (Å²) in [4.78, 5) is 0.0503. The second-order valence-corrected chi connectivity index (χ2v) is 4.16. The largest absolute Gasteiger partial charge is 0.389 e. The first-order chi connectivity index (χ1) is 8.06. The van der Waals surface area contributed by atoms with Crippen LogP contribution in [0.25, 0.3) is 0 Å². The van der Waals surface area contributed by atoms with E-state index in [0.29, 0.717) is 12.2 Å². The van der Waals surface area contributed by atoms with Crippen molar-refractivity contribution < 1.29 is 13.9 Å². The molecular formula is C12H16FNO2S. The average Bonchev–Trinajstić information content (AvgIpc) is 2.27. The van der Waals surface area contributed by atoms with E-state index in [4.69, 9.17) is 27.4 Å². The van der Waals surface area contributed by atoms with Crippen molar-refractivity contribution in [1.29, 1.82) is 0 Å². The van der Waals surface area contributed by atoms with Crippen LogP contribution in [0, 0.1) is 5.82 Å². The third-order valence-electron chi connectivity index (χ3n) is 2.27. The molecule has 0 spiro atoms. The highest BCUT2D eigenvalue weighted by Crippen LogP contribution is 2.14. The molecule has 0 aromatic heterocycles. The standard InChI is InChI=1S/C12H16FNO2S/c1-8(6-15-2)16-7-9-4-3-5-10(11(9)13)12(14)17/h3-5,8H,6-7H2,1-2H3,(H2,14,17). The quantitative estimate of drug-likeness (QED) is 0.792. The summed E-state index contributed by atoms with van der Waals surface area (Å²) in [5.41, 5.74) is 6.11. The molecule has 0 bridgehead atoms. The summed E-state index contributed by atoms with van der Waals surface area (Å²) in [5, 5.41) is 0. The van der Waals surface area contributed by atoms with Gasteiger partial charge in [0.05, 0.1) is 19.3 Å². The van der Waals surface area contributed by atoms with E-state index in [1.54, 1.807) is 25.3 Å². The molecule has 3 nitrogen and oxygen atoms in total. The van der Waals surface area contributed by atoms with E-state index < -0.39 is 5.82 Å². The second kappa shape index (κ2) is 6.64. The number of halogens is 1. The minimum atomic E-state index is -0.412. The topological polar surface area (TPSA) is 44.5 Å². The molecular weight excluding hydrogens is 241 g/mol. The van der Waals surface area contributed by atoms with E-state index in [9.17, 15) is 4.39 Å². The third kappa shape index (κ3) is 4.03. The lowest BCUT2D eigenvalue weighted by Crippen LogP contribution is -2.16. The fourth-order valence-electron chi connectivity index (χ4n) is 1.40. The highest BCUT2D eigenvalue weighted by atomic mass is 32.1. The van der Waals surface area contributed by atoms with Gasteiger partial charge in [0.1, 0.15) is 10.8 Å². The fourth-order valence-corrected chi connectivity index (χ4v) is 1.55. The van der Waals surface area contributed by atoms with Crippen LogP contribution in [0.2, 0.25) is 0 Å². The van der Waals surface area contributed by atoms with Crippen LogP contribution < -0.4 is 5.73 Å². The lowest BCUT2D eigenvalue weighted by Gasteiger charge is -2.13. The number of methoxy groups -OCH3 is 1. The molecule has 1 unspecified atom stereocenters. The molecule has 0 aliphatic carbocycles. The van der Waals surface area contributed by atoms with Gasteiger partial charge in [-0.25, -0.2) is 4.39 Å². The highest BCUT2D eigenvalue weighted by Gasteiger charge is 2.11. The Morgan fingerprint density at radius 2 is 2.24 bits per heavy atom. The molecule has 0 aliphatic heterocycles. The van der Waals surface area contributed by atoms with Crippen LogP contribution in [0.15, 0.2) is 18.2 Å². The van der Waals surface area contributed by atoms with Gasteiger partial charge in [-0.05, 0) is 13.0 Å². The molecule has 17 heavy (non-hydrogen) atoms. The van der Waals surface area contributed by atoms with Crippen LogP contribution in [0.3, 0.4) is 0 Å². The summed E-state index contributed by atoms with van der Waals surface area (Å²) >= 11 is 4.76. The Hall–Kier alpha value is -1.04. The number of ether oxygens (including phenoxy) is 2. The first kappa shape index (κ1) is 14.0. The third-order valence-corrected chi connectivity index (χ3v) is 2.49. The summed E-state index contributed by atoms with van der Waals surface area (Å²) in [6, 6.07) is 4.91. The lowest BCUT2D eigenvalue weighted by atomic mass is 10.1. The Morgan fingerprint density at radius 3 is 2.82 bits per heavy atom. The molecule has 0 fully saturated rings. The van der Waals surface area contributed by atoms with Crippen LogP contribution in [-0.4, -0.2) is 24.8 Å². The van der Waals surface area contributed by atoms with Crippen molar-refractivity contribution in [1.82, 2.24) is 0 Å². The zero-order chi connectivity index (χ0) is 12.8. The van der Waals surface area contributed by atoms with E-state index in [2.05, 4.69) is 0 Å². The molecule has 1 rings (SSSR count). The van der Waals surface area contributed by atoms with Gasteiger partial charge in [0, 0.05) is 18.2 Å². The minimum absolute atomic E-state index is 0.0503. The number of rotatable bonds is 6. The number of hydrogen-bond donors (Lipinski definition) is 1. The van der Waals surface area contributed by atoms with Crippen LogP contribution in [-0.2, 0) is 16.1 Å². The summed E-state index contributed by atoms with van der Waals surface area (Å²) in [6.45, 7) is 2.50. The molecule has 0 saturated carbocycles. The van der Waals surface area contributed by atoms with Crippen molar-refractivity contribution in [2.75, 3.05) is 13.7 Å². The molecule has 1 atom stereocenters. The summed E-state index contributed by atoms with van der Waals surface area (Å²) in [7, 11) is 1.59. The predicted octanol–water partition coefficient (Wildman–Crippen LogP) is 2.01. The molecule has 0 heterocycles. The second-order valence-electron chi connectivity index (χ2n) is 3.72. The van der Waals surface area contributed by atoms with Crippen LogP contribution in [0.4, 0.5) is 4.39 Å². The Balaban J connectivity index is 2.72. The van der Waals surface area contributed by atoms with Crippen molar-refractivity contribution in [3.8, 4) is 0 Å². The van der Waals surface area contributed by atoms with Crippen LogP contribution in [0.5, 0.6) is 0 Å². The van der Waals surface area contributed by atoms with Crippen molar-refractivity contribution in [3.05, 3.63) is 35.1 Å². The minimum Gasteiger partial charge on any atom is -0.389 e. The van der Waals surface area contributed by atoms with Crippen molar-refractivity contribution >= 4 is 17.2 Å². The molecule has 0 radical (unpaired) electrons. The Kier molecular flexibility index (Phi) is 5.47. The molecule has 1 aromatic carbocycles. The molecule has 0 saturated heterocycles. The predicted molar refractivity (Wildman–Crippen MR) is 68.4 cm³/mol. The number of thiocarbonyl (C=S) groups is 1. The van der Waals surface area contributed by atoms with Gasteiger partial charge in [-0.3, -0.25) is 0 Å². The van der Waals surface area contributed by atoms with Crippen molar-refractivity contribution in [3.63, 3.8) is 0 Å². The monoisotopic (exact) mass is 257 g/mol. The smallest absolute Gasteiger partial charge is 0.138 e. The zero-order valence-electron chi connectivity index (χ0n) is 9.90. The maximum absolute atomic E-state index is 13.9. The number of hydrogen-bond acceptors (Lipinski definition) is 3. The van der Waals surface area contributed by atoms with Gasteiger partial charge in [-0.2, -0.15) is 0 Å². The van der Waals surface area contributed by atoms with Gasteiger partial charge in [-0.1, -0.05) is 24.4 Å². The van der Waals surface area contributed by atoms with E-state index >= 15 is 0 Å². The highest BCUT2D eigenvalue weighted by molar-refractivity contribution is 7.80. The lowest BCUT2D eigenvalue weighted by molar-refractivity contribution is -0.00110. The summed E-state index contributed by atoms with van der Waals surface area (Å²) in [5.74, 6) is -0.412. The van der Waals surface area contributed by atoms with Gasteiger partial charge in [-0.15, -0.1) is 0 Å². The van der Waals surface area contributed by atoms with Gasteiger partial charge in [0.15, 0.2) is 0 Å². The Morgan fingerprint density at radius 1 is 1.53 bits per heavy atom. The summed E-state index contributed by atoms with van der Waals surface area (Å²) < 4.78 is 24.2. The molecule has 94 valence electrons. The normalized spacial score (nSPS) is 12.4. The van der Waals surface area contributed by atoms with Gasteiger partial charge in [0.25, 0.3) is 0 Å². The molecule has 1 aromatic rings. The van der Waals surface area contributed by atoms with Crippen LogP contribution >= 0.6 is 12.2 Å². The van der Waals surface area contributed by atoms with E-state index in [0.717, 1.165) is 0 Å². The molecule has 0 amide bonds. The SMILES string of the molecule is COCC(C)OCc1cccc(C(N)=S)c1F. The van der Waals surface area contributed by atoms with Gasteiger partial charge in [0.2, 0.25) is 0 Å². The van der Waals surface area contributed by atoms with E-state index in [-0.39, 0.29) is 23.3 Å². The Labute approximate surface area is 106 Å². The fraction of sp³-hybridized carbons (Fsp3) is 0.417. The zero-order valence-corrected chi connectivity index (χ0v) is 10.7. The Bertz CT molecular complexity index is 398. The van der Waals surface area contributed by atoms with Gasteiger partial charge >= 0.3 is 0 Å². The maximum Gasteiger partial charge on any atom is 0.138 e. The number of nitrogens with two attached hydrogens (primary N) is 1. The first-order valence-corrected chi connectivity index (χ1v) is 5.64. The van der Waals surface area contributed by atoms with Crippen LogP contribution in [0.1, 0.15) is 18.1 Å². The van der Waals surface area contributed by atoms with Crippen molar-refractivity contribution in [2.24, 2.45) is 5.73 Å². The number of benzene rings is 1. The molecule has 0 aliphatic rings. The first-order valence-electron chi connectivity index (χ1n) is 5.24. The van der Waals surface area contributed by atoms with Gasteiger partial charge < -0.3 is 15.2 Å². The van der Waals surface area contributed by atoms with E-state index in [1.165, 1.54) is 0 Å².